The molecule has 0 aliphatic rings. The Labute approximate surface area is 130 Å². The molecule has 0 nitrogen and oxygen atoms in total. The molecule has 0 spiro atoms. The van der Waals surface area contributed by atoms with E-state index in [1.807, 2.05) is 0 Å². The van der Waals surface area contributed by atoms with E-state index in [2.05, 4.69) is 69.2 Å². The van der Waals surface area contributed by atoms with Gasteiger partial charge in [0.2, 0.25) is 0 Å². The Morgan fingerprint density at radius 1 is 0.737 bits per heavy atom. The molecule has 0 aromatic carbocycles. The van der Waals surface area contributed by atoms with Crippen molar-refractivity contribution in [1.29, 1.82) is 0 Å². The molecule has 0 amide bonds. The lowest BCUT2D eigenvalue weighted by atomic mass is 9.82. The Hall–Kier alpha value is 0.277. The highest BCUT2D eigenvalue weighted by Gasteiger charge is 2.44. The molecule has 0 N–H and O–H groups in total. The van der Waals surface area contributed by atoms with E-state index in [4.69, 9.17) is 22.2 Å². The first-order valence-corrected chi connectivity index (χ1v) is 10.9. The van der Waals surface area contributed by atoms with Crippen molar-refractivity contribution < 1.29 is 0 Å². The van der Waals surface area contributed by atoms with Crippen LogP contribution in [0.3, 0.4) is 0 Å². The standard InChI is InChI=1S/C16H30Cl2Si/c1-11(2)13(4)19(17,18)14(16(8,9)10)12(3)15(5,6)7/h1-10H3/b14-12+. The lowest BCUT2D eigenvalue weighted by Crippen LogP contribution is -2.36. The summed E-state index contributed by atoms with van der Waals surface area (Å²) in [6.07, 6.45) is 0. The maximum Gasteiger partial charge on any atom is 0.302 e. The molecule has 0 radical (unpaired) electrons. The number of hydrogen-bond donors (Lipinski definition) is 0. The maximum atomic E-state index is 6.92. The van der Waals surface area contributed by atoms with Crippen LogP contribution >= 0.6 is 22.2 Å². The second-order valence-electron chi connectivity index (χ2n) is 7.70. The summed E-state index contributed by atoms with van der Waals surface area (Å²) in [5.74, 6) is 0. The Balaban J connectivity index is 6.33. The normalized spacial score (nSPS) is 15.2. The fourth-order valence-electron chi connectivity index (χ4n) is 2.15. The fraction of sp³-hybridized carbons (Fsp3) is 0.750. The van der Waals surface area contributed by atoms with Gasteiger partial charge in [-0.05, 0) is 43.7 Å². The van der Waals surface area contributed by atoms with Crippen molar-refractivity contribution in [3.8, 4) is 0 Å². The third kappa shape index (κ3) is 4.65. The van der Waals surface area contributed by atoms with E-state index in [1.165, 1.54) is 21.5 Å². The summed E-state index contributed by atoms with van der Waals surface area (Å²) in [5.41, 5.74) is 2.65. The zero-order valence-electron chi connectivity index (χ0n) is 14.3. The molecule has 0 heterocycles. The van der Waals surface area contributed by atoms with Gasteiger partial charge >= 0.3 is 6.69 Å². The lowest BCUT2D eigenvalue weighted by molar-refractivity contribution is 0.461. The Morgan fingerprint density at radius 2 is 1.11 bits per heavy atom. The van der Waals surface area contributed by atoms with Gasteiger partial charge in [0.25, 0.3) is 0 Å². The Bertz CT molecular complexity index is 397. The van der Waals surface area contributed by atoms with Crippen molar-refractivity contribution in [2.24, 2.45) is 10.8 Å². The first-order chi connectivity index (χ1) is 8.13. The highest BCUT2D eigenvalue weighted by atomic mass is 35.7. The van der Waals surface area contributed by atoms with Gasteiger partial charge in [0, 0.05) is 0 Å². The molecule has 3 heteroatoms. The van der Waals surface area contributed by atoms with E-state index in [-0.39, 0.29) is 10.8 Å². The molecule has 0 aromatic heterocycles. The molecule has 0 aliphatic heterocycles. The maximum absolute atomic E-state index is 6.92. The minimum absolute atomic E-state index is 0.0101. The van der Waals surface area contributed by atoms with Crippen molar-refractivity contribution >= 4 is 28.9 Å². The van der Waals surface area contributed by atoms with Crippen LogP contribution in [0, 0.1) is 10.8 Å². The van der Waals surface area contributed by atoms with Crippen LogP contribution in [0.1, 0.15) is 69.2 Å². The predicted molar refractivity (Wildman–Crippen MR) is 93.1 cm³/mol. The Kier molecular flexibility index (Phi) is 6.04. The zero-order chi connectivity index (χ0) is 15.8. The average Bonchev–Trinajstić information content (AvgIpc) is 2.11. The highest BCUT2D eigenvalue weighted by molar-refractivity contribution is 7.51. The van der Waals surface area contributed by atoms with E-state index in [0.29, 0.717) is 0 Å². The first kappa shape index (κ1) is 19.3. The van der Waals surface area contributed by atoms with E-state index in [0.717, 1.165) is 0 Å². The lowest BCUT2D eigenvalue weighted by Gasteiger charge is -2.38. The van der Waals surface area contributed by atoms with Crippen LogP contribution in [-0.2, 0) is 0 Å². The van der Waals surface area contributed by atoms with Gasteiger partial charge in [-0.1, -0.05) is 57.9 Å². The van der Waals surface area contributed by atoms with E-state index in [1.54, 1.807) is 0 Å². The fourth-order valence-corrected chi connectivity index (χ4v) is 8.62. The van der Waals surface area contributed by atoms with Gasteiger partial charge in [-0.25, -0.2) is 0 Å². The van der Waals surface area contributed by atoms with Crippen LogP contribution in [0.15, 0.2) is 21.5 Å². The summed E-state index contributed by atoms with van der Waals surface area (Å²) in [5, 5.41) is 2.43. The second-order valence-corrected chi connectivity index (χ2v) is 14.1. The molecule has 0 aliphatic carbocycles. The number of hydrogen-bond acceptors (Lipinski definition) is 0. The van der Waals surface area contributed by atoms with Crippen molar-refractivity contribution in [1.82, 2.24) is 0 Å². The third-order valence-electron chi connectivity index (χ3n) is 3.78. The van der Waals surface area contributed by atoms with Gasteiger partial charge in [-0.3, -0.25) is 0 Å². The average molecular weight is 321 g/mol. The minimum Gasteiger partial charge on any atom is -0.134 e. The van der Waals surface area contributed by atoms with Gasteiger partial charge in [0.1, 0.15) is 0 Å². The topological polar surface area (TPSA) is 0 Å². The first-order valence-electron chi connectivity index (χ1n) is 6.88. The predicted octanol–water partition coefficient (Wildman–Crippen LogP) is 6.75. The molecule has 0 fully saturated rings. The molecular weight excluding hydrogens is 291 g/mol. The van der Waals surface area contributed by atoms with Gasteiger partial charge in [0.15, 0.2) is 0 Å². The van der Waals surface area contributed by atoms with E-state index >= 15 is 0 Å². The van der Waals surface area contributed by atoms with Crippen LogP contribution in [0.4, 0.5) is 0 Å². The summed E-state index contributed by atoms with van der Waals surface area (Å²) in [7, 11) is 0. The Morgan fingerprint density at radius 3 is 1.32 bits per heavy atom. The summed E-state index contributed by atoms with van der Waals surface area (Å²) >= 11 is 13.8. The molecule has 0 saturated carbocycles. The van der Waals surface area contributed by atoms with Gasteiger partial charge in [-0.15, -0.1) is 22.2 Å². The van der Waals surface area contributed by atoms with E-state index < -0.39 is 6.69 Å². The summed E-state index contributed by atoms with van der Waals surface area (Å²) in [6, 6.07) is 0. The van der Waals surface area contributed by atoms with Crippen LogP contribution in [-0.4, -0.2) is 6.69 Å². The number of allylic oxidation sites excluding steroid dienone is 4. The summed E-state index contributed by atoms with van der Waals surface area (Å²) < 4.78 is 0. The molecule has 0 bridgehead atoms. The smallest absolute Gasteiger partial charge is 0.134 e. The highest BCUT2D eigenvalue weighted by Crippen LogP contribution is 2.47. The monoisotopic (exact) mass is 320 g/mol. The SMILES string of the molecule is CC(C)=C(C)[Si](Cl)(Cl)/C(=C(\C)C(C)(C)C)C(C)(C)C. The summed E-state index contributed by atoms with van der Waals surface area (Å²) in [4.78, 5) is 0. The third-order valence-corrected chi connectivity index (χ3v) is 9.81. The van der Waals surface area contributed by atoms with Gasteiger partial charge in [0.05, 0.1) is 0 Å². The van der Waals surface area contributed by atoms with Crippen LogP contribution in [0.2, 0.25) is 0 Å². The quantitative estimate of drug-likeness (QED) is 0.390. The van der Waals surface area contributed by atoms with Gasteiger partial charge < -0.3 is 0 Å². The largest absolute Gasteiger partial charge is 0.302 e. The van der Waals surface area contributed by atoms with Crippen LogP contribution in [0.5, 0.6) is 0 Å². The zero-order valence-corrected chi connectivity index (χ0v) is 16.8. The molecule has 112 valence electrons. The van der Waals surface area contributed by atoms with Crippen molar-refractivity contribution in [3.63, 3.8) is 0 Å². The van der Waals surface area contributed by atoms with Crippen molar-refractivity contribution in [3.05, 3.63) is 21.5 Å². The molecule has 0 unspecified atom stereocenters. The number of rotatable bonds is 2. The molecule has 0 aromatic rings. The van der Waals surface area contributed by atoms with Crippen molar-refractivity contribution in [2.75, 3.05) is 0 Å². The van der Waals surface area contributed by atoms with Crippen LogP contribution in [0.25, 0.3) is 0 Å². The molecule has 0 saturated heterocycles. The molecule has 0 rings (SSSR count). The molecule has 0 atom stereocenters. The van der Waals surface area contributed by atoms with E-state index in [9.17, 15) is 0 Å². The molecule has 19 heavy (non-hydrogen) atoms. The summed E-state index contributed by atoms with van der Waals surface area (Å²) in [6.45, 7) is 19.2. The van der Waals surface area contributed by atoms with Crippen molar-refractivity contribution in [2.45, 2.75) is 69.2 Å². The molecular formula is C16H30Cl2Si. The second kappa shape index (κ2) is 5.95. The van der Waals surface area contributed by atoms with Gasteiger partial charge in [-0.2, -0.15) is 0 Å². The number of halogens is 2. The minimum atomic E-state index is -2.60. The van der Waals surface area contributed by atoms with Crippen LogP contribution < -0.4 is 0 Å².